The van der Waals surface area contributed by atoms with Crippen molar-refractivity contribution in [2.45, 2.75) is 114 Å². The molecule has 2 bridgehead atoms. The first-order valence-corrected chi connectivity index (χ1v) is 15.7. The Kier molecular flexibility index (Phi) is 10.4. The number of carbonyl (C=O) groups is 4. The maximum absolute atomic E-state index is 13.7. The molecule has 1 aromatic rings. The number of aliphatic hydroxyl groups excluding tert-OH is 3. The van der Waals surface area contributed by atoms with Crippen LogP contribution < -0.4 is 5.32 Å². The van der Waals surface area contributed by atoms with Gasteiger partial charge in [0.2, 0.25) is 11.6 Å². The Morgan fingerprint density at radius 1 is 1.02 bits per heavy atom. The van der Waals surface area contributed by atoms with Crippen LogP contribution in [0, 0.1) is 23.7 Å². The van der Waals surface area contributed by atoms with Crippen molar-refractivity contribution in [2.24, 2.45) is 23.7 Å². The molecule has 1 amide bonds. The molecule has 256 valence electrons. The highest BCUT2D eigenvalue weighted by molar-refractivity contribution is 6.39. The summed E-state index contributed by atoms with van der Waals surface area (Å²) >= 11 is 0. The van der Waals surface area contributed by atoms with Crippen molar-refractivity contribution in [3.05, 3.63) is 35.9 Å². The lowest BCUT2D eigenvalue weighted by Crippen LogP contribution is -2.67. The predicted molar refractivity (Wildman–Crippen MR) is 161 cm³/mol. The zero-order valence-corrected chi connectivity index (χ0v) is 27.1. The Labute approximate surface area is 268 Å². The summed E-state index contributed by atoms with van der Waals surface area (Å²) < 4.78 is 16.5. The van der Waals surface area contributed by atoms with E-state index in [1.165, 1.54) is 13.8 Å². The highest BCUT2D eigenvalue weighted by Gasteiger charge is 2.60. The van der Waals surface area contributed by atoms with Gasteiger partial charge in [-0.3, -0.25) is 9.59 Å². The largest absolute Gasteiger partial charge is 0.460 e. The molecule has 4 rings (SSSR count). The summed E-state index contributed by atoms with van der Waals surface area (Å²) in [5.74, 6) is -7.33. The standard InChI is InChI=1S/C33H47NO12/c1-16-20(35)12-23-32(42,15-44-23)14-22(36)33(43)13-21(17(2)24(18(33)3)27(38)26(16)37)45-29(40)28(39)25(19-10-8-7-9-11-19)34-30(41)46-31(4,5)6/h7-11,16-18,20-25,28,35-36,39,42-43H,12-15H2,1-6H3,(H,34,41). The number of hydrogen-bond acceptors (Lipinski definition) is 12. The Balaban J connectivity index is 1.66. The van der Waals surface area contributed by atoms with Crippen LogP contribution in [0.3, 0.4) is 0 Å². The third kappa shape index (κ3) is 7.14. The molecule has 1 aliphatic heterocycles. The van der Waals surface area contributed by atoms with Gasteiger partial charge in [0.1, 0.15) is 17.3 Å². The monoisotopic (exact) mass is 649 g/mol. The summed E-state index contributed by atoms with van der Waals surface area (Å²) in [6, 6.07) is 6.86. The van der Waals surface area contributed by atoms with Crippen molar-refractivity contribution >= 4 is 23.6 Å². The molecule has 2 aliphatic carbocycles. The molecule has 1 heterocycles. The van der Waals surface area contributed by atoms with Gasteiger partial charge in [-0.2, -0.15) is 0 Å². The van der Waals surface area contributed by atoms with Gasteiger partial charge in [-0.1, -0.05) is 51.1 Å². The van der Waals surface area contributed by atoms with Crippen molar-refractivity contribution in [1.29, 1.82) is 0 Å². The van der Waals surface area contributed by atoms with E-state index in [2.05, 4.69) is 5.32 Å². The zero-order chi connectivity index (χ0) is 34.4. The summed E-state index contributed by atoms with van der Waals surface area (Å²) in [5, 5.41) is 59.1. The second-order valence-corrected chi connectivity index (χ2v) is 14.3. The minimum atomic E-state index is -2.12. The van der Waals surface area contributed by atoms with Gasteiger partial charge in [0.05, 0.1) is 36.6 Å². The molecule has 13 nitrogen and oxygen atoms in total. The fourth-order valence-corrected chi connectivity index (χ4v) is 6.91. The first kappa shape index (κ1) is 35.9. The normalized spacial score (nSPS) is 38.2. The zero-order valence-electron chi connectivity index (χ0n) is 27.1. The van der Waals surface area contributed by atoms with Crippen molar-refractivity contribution in [1.82, 2.24) is 5.32 Å². The van der Waals surface area contributed by atoms with Crippen LogP contribution in [0.15, 0.2) is 30.3 Å². The quantitative estimate of drug-likeness (QED) is 0.195. The SMILES string of the molecule is CC1C(=O)C(=O)C2C(C)C(OC(=O)C(O)C(NC(=O)OC(C)(C)C)c3ccccc3)CC(O)(C(O)CC3(O)COC3CC1O)C2C. The lowest BCUT2D eigenvalue weighted by atomic mass is 9.58. The molecule has 0 aromatic heterocycles. The predicted octanol–water partition coefficient (Wildman–Crippen LogP) is 0.968. The fourth-order valence-electron chi connectivity index (χ4n) is 6.91. The number of ether oxygens (including phenoxy) is 3. The molecular weight excluding hydrogens is 602 g/mol. The van der Waals surface area contributed by atoms with Crippen molar-refractivity contribution in [3.63, 3.8) is 0 Å². The molecular formula is C33H47NO12. The van der Waals surface area contributed by atoms with Crippen LogP contribution in [0.5, 0.6) is 0 Å². The number of rotatable bonds is 5. The summed E-state index contributed by atoms with van der Waals surface area (Å²) in [6.07, 6.45) is -9.00. The first-order chi connectivity index (χ1) is 21.3. The average Bonchev–Trinajstić information content (AvgIpc) is 2.98. The molecule has 6 N–H and O–H groups in total. The summed E-state index contributed by atoms with van der Waals surface area (Å²) in [7, 11) is 0. The van der Waals surface area contributed by atoms with Crippen molar-refractivity contribution in [2.75, 3.05) is 6.61 Å². The summed E-state index contributed by atoms with van der Waals surface area (Å²) in [6.45, 7) is 9.24. The minimum absolute atomic E-state index is 0.157. The maximum atomic E-state index is 13.7. The van der Waals surface area contributed by atoms with Gasteiger partial charge >= 0.3 is 12.1 Å². The summed E-state index contributed by atoms with van der Waals surface area (Å²) in [4.78, 5) is 53.3. The highest BCUT2D eigenvalue weighted by Crippen LogP contribution is 2.48. The Bertz CT molecular complexity index is 1300. The smallest absolute Gasteiger partial charge is 0.408 e. The third-order valence-electron chi connectivity index (χ3n) is 9.91. The van der Waals surface area contributed by atoms with E-state index in [9.17, 15) is 44.7 Å². The average molecular weight is 650 g/mol. The number of aliphatic hydroxyl groups is 5. The van der Waals surface area contributed by atoms with Gasteiger partial charge in [-0.25, -0.2) is 9.59 Å². The number of nitrogens with one attached hydrogen (secondary N) is 1. The van der Waals surface area contributed by atoms with Crippen molar-refractivity contribution < 1.29 is 58.9 Å². The van der Waals surface area contributed by atoms with Crippen LogP contribution in [-0.4, -0.2) is 103 Å². The number of esters is 1. The van der Waals surface area contributed by atoms with Crippen LogP contribution in [0.2, 0.25) is 0 Å². The van der Waals surface area contributed by atoms with Gasteiger partial charge in [0, 0.05) is 37.0 Å². The minimum Gasteiger partial charge on any atom is -0.460 e. The molecule has 12 atom stereocenters. The Hall–Kier alpha value is -2.94. The van der Waals surface area contributed by atoms with Gasteiger partial charge in [0.15, 0.2) is 6.10 Å². The molecule has 0 radical (unpaired) electrons. The number of fused-ring (bicyclic) bond motifs is 3. The number of carbonyl (C=O) groups excluding carboxylic acids is 4. The molecule has 3 fully saturated rings. The van der Waals surface area contributed by atoms with E-state index >= 15 is 0 Å². The van der Waals surface area contributed by atoms with E-state index in [4.69, 9.17) is 14.2 Å². The Morgan fingerprint density at radius 2 is 1.65 bits per heavy atom. The van der Waals surface area contributed by atoms with E-state index in [0.717, 1.165) is 0 Å². The van der Waals surface area contributed by atoms with Gasteiger partial charge in [0.25, 0.3) is 0 Å². The van der Waals surface area contributed by atoms with E-state index in [1.54, 1.807) is 58.0 Å². The van der Waals surface area contributed by atoms with E-state index in [0.29, 0.717) is 5.56 Å². The van der Waals surface area contributed by atoms with Gasteiger partial charge in [-0.05, 0) is 32.3 Å². The first-order valence-electron chi connectivity index (χ1n) is 15.7. The number of alkyl carbamates (subject to hydrolysis) is 1. The fraction of sp³-hybridized carbons (Fsp3) is 0.697. The van der Waals surface area contributed by atoms with E-state index in [1.807, 2.05) is 0 Å². The third-order valence-corrected chi connectivity index (χ3v) is 9.91. The lowest BCUT2D eigenvalue weighted by Gasteiger charge is -2.54. The second-order valence-electron chi connectivity index (χ2n) is 14.3. The number of Topliss-reactive ketones (excluding diaryl/α,β-unsaturated/α-hetero) is 2. The molecule has 46 heavy (non-hydrogen) atoms. The number of benzene rings is 1. The number of amides is 1. The molecule has 1 aromatic carbocycles. The molecule has 12 unspecified atom stereocenters. The molecule has 3 aliphatic rings. The molecule has 13 heteroatoms. The van der Waals surface area contributed by atoms with Crippen LogP contribution >= 0.6 is 0 Å². The topological polar surface area (TPSA) is 209 Å². The lowest BCUT2D eigenvalue weighted by molar-refractivity contribution is -0.273. The van der Waals surface area contributed by atoms with Crippen LogP contribution in [0.1, 0.15) is 72.4 Å². The molecule has 2 saturated carbocycles. The Morgan fingerprint density at radius 3 is 2.22 bits per heavy atom. The van der Waals surface area contributed by atoms with E-state index in [-0.39, 0.29) is 25.9 Å². The molecule has 0 spiro atoms. The maximum Gasteiger partial charge on any atom is 0.408 e. The van der Waals surface area contributed by atoms with Crippen LogP contribution in [0.25, 0.3) is 0 Å². The number of hydrogen-bond donors (Lipinski definition) is 6. The van der Waals surface area contributed by atoms with Gasteiger partial charge in [-0.15, -0.1) is 0 Å². The van der Waals surface area contributed by atoms with Crippen LogP contribution in [-0.2, 0) is 28.6 Å². The van der Waals surface area contributed by atoms with Crippen molar-refractivity contribution in [3.8, 4) is 0 Å². The second kappa shape index (κ2) is 13.3. The van der Waals surface area contributed by atoms with Gasteiger partial charge < -0.3 is 45.1 Å². The number of ketones is 2. The molecule has 1 saturated heterocycles. The van der Waals surface area contributed by atoms with E-state index < -0.39 is 101 Å². The summed E-state index contributed by atoms with van der Waals surface area (Å²) in [5.41, 5.74) is -4.25. The highest BCUT2D eigenvalue weighted by atomic mass is 16.6. The van der Waals surface area contributed by atoms with Crippen LogP contribution in [0.4, 0.5) is 4.79 Å².